The molecule has 1 aromatic heterocycles. The standard InChI is InChI=1S/C20H17ClO2/c1-3-14-11(2)4-7-15-19(14)16(12-5-6-12)9-18(22)17-8-13(10-21)23-20(15)17/h3-4,7-9,12H,1,5-6,10H2,2H3. The van der Waals surface area contributed by atoms with Crippen molar-refractivity contribution in [2.24, 2.45) is 0 Å². The Hall–Kier alpha value is -2.06. The molecule has 1 saturated carbocycles. The van der Waals surface area contributed by atoms with Gasteiger partial charge in [0.2, 0.25) is 0 Å². The number of rotatable bonds is 3. The average molecular weight is 325 g/mol. The third kappa shape index (κ3) is 2.21. The van der Waals surface area contributed by atoms with Crippen LogP contribution in [0.15, 0.2) is 40.1 Å². The van der Waals surface area contributed by atoms with Crippen LogP contribution >= 0.6 is 11.6 Å². The highest BCUT2D eigenvalue weighted by molar-refractivity contribution is 6.17. The number of hydrogen-bond donors (Lipinski definition) is 0. The molecule has 0 amide bonds. The van der Waals surface area contributed by atoms with Gasteiger partial charge in [-0.25, -0.2) is 0 Å². The van der Waals surface area contributed by atoms with Gasteiger partial charge in [0.25, 0.3) is 0 Å². The van der Waals surface area contributed by atoms with E-state index in [-0.39, 0.29) is 11.3 Å². The van der Waals surface area contributed by atoms with Gasteiger partial charge >= 0.3 is 0 Å². The molecule has 0 spiro atoms. The summed E-state index contributed by atoms with van der Waals surface area (Å²) >= 11 is 5.90. The highest BCUT2D eigenvalue weighted by atomic mass is 35.5. The minimum Gasteiger partial charge on any atom is -0.459 e. The van der Waals surface area contributed by atoms with Gasteiger partial charge in [0.15, 0.2) is 5.43 Å². The van der Waals surface area contributed by atoms with Crippen molar-refractivity contribution in [3.05, 3.63) is 63.5 Å². The molecular weight excluding hydrogens is 308 g/mol. The first-order valence-corrected chi connectivity index (χ1v) is 8.39. The zero-order valence-electron chi connectivity index (χ0n) is 13.0. The Balaban J connectivity index is 2.30. The van der Waals surface area contributed by atoms with Crippen molar-refractivity contribution in [2.45, 2.75) is 31.6 Å². The molecule has 2 nitrogen and oxygen atoms in total. The van der Waals surface area contributed by atoms with Gasteiger partial charge in [-0.1, -0.05) is 24.8 Å². The summed E-state index contributed by atoms with van der Waals surface area (Å²) in [6, 6.07) is 7.67. The molecule has 0 aliphatic heterocycles. The van der Waals surface area contributed by atoms with Crippen LogP contribution in [0.4, 0.5) is 0 Å². The first-order valence-electron chi connectivity index (χ1n) is 7.85. The zero-order valence-corrected chi connectivity index (χ0v) is 13.7. The number of aryl methyl sites for hydroxylation is 1. The molecule has 0 unspecified atom stereocenters. The van der Waals surface area contributed by atoms with Crippen LogP contribution in [-0.4, -0.2) is 0 Å². The van der Waals surface area contributed by atoms with E-state index in [1.165, 1.54) is 0 Å². The minimum atomic E-state index is 0.00545. The molecule has 1 heterocycles. The van der Waals surface area contributed by atoms with Crippen molar-refractivity contribution >= 4 is 39.4 Å². The molecule has 0 N–H and O–H groups in total. The fourth-order valence-corrected chi connectivity index (χ4v) is 3.52. The summed E-state index contributed by atoms with van der Waals surface area (Å²) in [4.78, 5) is 12.7. The van der Waals surface area contributed by atoms with Crippen molar-refractivity contribution < 1.29 is 4.42 Å². The second kappa shape index (κ2) is 5.24. The van der Waals surface area contributed by atoms with Gasteiger partial charge in [-0.2, -0.15) is 0 Å². The summed E-state index contributed by atoms with van der Waals surface area (Å²) in [7, 11) is 0. The van der Waals surface area contributed by atoms with Crippen LogP contribution < -0.4 is 5.43 Å². The number of halogens is 1. The number of furan rings is 1. The minimum absolute atomic E-state index is 0.00545. The molecule has 1 aliphatic carbocycles. The maximum Gasteiger partial charge on any atom is 0.190 e. The number of hydrogen-bond acceptors (Lipinski definition) is 2. The normalized spacial score (nSPS) is 14.5. The fourth-order valence-electron chi connectivity index (χ4n) is 3.39. The van der Waals surface area contributed by atoms with Crippen molar-refractivity contribution in [2.75, 3.05) is 0 Å². The Morgan fingerprint density at radius 2 is 2.09 bits per heavy atom. The van der Waals surface area contributed by atoms with E-state index < -0.39 is 0 Å². The maximum absolute atomic E-state index is 12.7. The van der Waals surface area contributed by atoms with Crippen LogP contribution in [0.3, 0.4) is 0 Å². The third-order valence-electron chi connectivity index (χ3n) is 4.68. The summed E-state index contributed by atoms with van der Waals surface area (Å²) in [5.41, 5.74) is 4.01. The SMILES string of the molecule is C=Cc1c(C)ccc2c1c(C1CC1)cc(=O)c1cc(CCl)oc12. The van der Waals surface area contributed by atoms with E-state index in [1.54, 1.807) is 12.1 Å². The summed E-state index contributed by atoms with van der Waals surface area (Å²) in [6.45, 7) is 6.05. The molecule has 116 valence electrons. The van der Waals surface area contributed by atoms with Crippen molar-refractivity contribution in [3.8, 4) is 0 Å². The van der Waals surface area contributed by atoms with Crippen LogP contribution in [0.1, 0.15) is 41.2 Å². The molecule has 1 aliphatic rings. The molecule has 0 saturated heterocycles. The highest BCUT2D eigenvalue weighted by Gasteiger charge is 2.27. The molecule has 0 bridgehead atoms. The quantitative estimate of drug-likeness (QED) is 0.594. The van der Waals surface area contributed by atoms with Crippen LogP contribution in [0, 0.1) is 6.92 Å². The van der Waals surface area contributed by atoms with Gasteiger partial charge in [0.05, 0.1) is 11.3 Å². The lowest BCUT2D eigenvalue weighted by molar-refractivity contribution is 0.575. The van der Waals surface area contributed by atoms with E-state index in [1.807, 2.05) is 12.1 Å². The van der Waals surface area contributed by atoms with Gasteiger partial charge in [0.1, 0.15) is 11.3 Å². The lowest BCUT2D eigenvalue weighted by Gasteiger charge is -2.08. The molecule has 0 radical (unpaired) electrons. The largest absolute Gasteiger partial charge is 0.459 e. The monoisotopic (exact) mass is 324 g/mol. The zero-order chi connectivity index (χ0) is 16.1. The van der Waals surface area contributed by atoms with Gasteiger partial charge in [-0.15, -0.1) is 11.6 Å². The Morgan fingerprint density at radius 1 is 1.30 bits per heavy atom. The summed E-state index contributed by atoms with van der Waals surface area (Å²) in [5.74, 6) is 1.35. The molecule has 23 heavy (non-hydrogen) atoms. The molecule has 4 rings (SSSR count). The van der Waals surface area contributed by atoms with E-state index in [0.717, 1.165) is 40.3 Å². The van der Waals surface area contributed by atoms with Crippen molar-refractivity contribution in [3.63, 3.8) is 0 Å². The molecule has 1 fully saturated rings. The molecule has 3 aromatic rings. The van der Waals surface area contributed by atoms with E-state index in [0.29, 0.717) is 22.6 Å². The van der Waals surface area contributed by atoms with E-state index >= 15 is 0 Å². The number of fused-ring (bicyclic) bond motifs is 3. The first kappa shape index (κ1) is 14.5. The molecule has 0 atom stereocenters. The number of alkyl halides is 1. The van der Waals surface area contributed by atoms with Crippen molar-refractivity contribution in [1.29, 1.82) is 0 Å². The van der Waals surface area contributed by atoms with Crippen LogP contribution in [0.25, 0.3) is 27.8 Å². The van der Waals surface area contributed by atoms with E-state index in [4.69, 9.17) is 16.0 Å². The van der Waals surface area contributed by atoms with Crippen LogP contribution in [0.5, 0.6) is 0 Å². The lowest BCUT2D eigenvalue weighted by atomic mass is 9.96. The van der Waals surface area contributed by atoms with Gasteiger partial charge in [-0.3, -0.25) is 4.79 Å². The topological polar surface area (TPSA) is 30.2 Å². The van der Waals surface area contributed by atoms with Gasteiger partial charge < -0.3 is 4.42 Å². The van der Waals surface area contributed by atoms with Crippen LogP contribution in [-0.2, 0) is 5.88 Å². The summed E-state index contributed by atoms with van der Waals surface area (Å²) in [5, 5.41) is 2.68. The Morgan fingerprint density at radius 3 is 2.74 bits per heavy atom. The molecule has 3 heteroatoms. The predicted octanol–water partition coefficient (Wildman–Crippen LogP) is 5.51. The molecule has 2 aromatic carbocycles. The van der Waals surface area contributed by atoms with E-state index in [9.17, 15) is 4.79 Å². The second-order valence-corrected chi connectivity index (χ2v) is 6.52. The maximum atomic E-state index is 12.7. The Kier molecular flexibility index (Phi) is 3.31. The summed E-state index contributed by atoms with van der Waals surface area (Å²) in [6.07, 6.45) is 4.15. The van der Waals surface area contributed by atoms with Crippen LogP contribution in [0.2, 0.25) is 0 Å². The smallest absolute Gasteiger partial charge is 0.190 e. The third-order valence-corrected chi connectivity index (χ3v) is 4.95. The Bertz CT molecular complexity index is 1010. The molecular formula is C20H17ClO2. The van der Waals surface area contributed by atoms with Gasteiger partial charge in [-0.05, 0) is 59.9 Å². The lowest BCUT2D eigenvalue weighted by Crippen LogP contribution is -1.95. The van der Waals surface area contributed by atoms with Gasteiger partial charge in [0, 0.05) is 5.39 Å². The highest BCUT2D eigenvalue weighted by Crippen LogP contribution is 2.44. The van der Waals surface area contributed by atoms with E-state index in [2.05, 4.69) is 19.6 Å². The Labute approximate surface area is 139 Å². The number of benzene rings is 1. The second-order valence-electron chi connectivity index (χ2n) is 6.25. The fraction of sp³-hybridized carbons (Fsp3) is 0.250. The summed E-state index contributed by atoms with van der Waals surface area (Å²) < 4.78 is 5.90. The first-order chi connectivity index (χ1) is 11.1. The predicted molar refractivity (Wildman–Crippen MR) is 96.4 cm³/mol. The average Bonchev–Trinajstić information content (AvgIpc) is 3.31. The van der Waals surface area contributed by atoms with Crippen molar-refractivity contribution in [1.82, 2.24) is 0 Å².